The Bertz CT molecular complexity index is 1260. The highest BCUT2D eigenvalue weighted by Gasteiger charge is 2.26. The molecule has 0 N–H and O–H groups in total. The van der Waals surface area contributed by atoms with Gasteiger partial charge in [0.1, 0.15) is 5.56 Å². The number of aromatic nitrogens is 5. The summed E-state index contributed by atoms with van der Waals surface area (Å²) in [5, 5.41) is 0.146. The van der Waals surface area contributed by atoms with E-state index in [-0.39, 0.29) is 27.6 Å². The van der Waals surface area contributed by atoms with E-state index < -0.39 is 23.3 Å². The molecule has 0 spiro atoms. The predicted molar refractivity (Wildman–Crippen MR) is 106 cm³/mol. The Balaban J connectivity index is 2.05. The van der Waals surface area contributed by atoms with Crippen molar-refractivity contribution in [2.24, 2.45) is 21.1 Å². The van der Waals surface area contributed by atoms with Gasteiger partial charge in [-0.25, -0.2) is 19.6 Å². The molecule has 154 valence electrons. The Hall–Kier alpha value is -3.14. The lowest BCUT2D eigenvalue weighted by molar-refractivity contribution is 0.0311. The maximum atomic E-state index is 12.7. The van der Waals surface area contributed by atoms with Gasteiger partial charge in [0, 0.05) is 26.8 Å². The van der Waals surface area contributed by atoms with Crippen LogP contribution in [-0.2, 0) is 25.9 Å². The zero-order chi connectivity index (χ0) is 21.6. The second-order valence-corrected chi connectivity index (χ2v) is 6.99. The van der Waals surface area contributed by atoms with Crippen molar-refractivity contribution in [3.8, 4) is 5.88 Å². The Morgan fingerprint density at radius 2 is 1.79 bits per heavy atom. The zero-order valence-electron chi connectivity index (χ0n) is 16.8. The predicted octanol–water partition coefficient (Wildman–Crippen LogP) is 1.25. The number of esters is 1. The van der Waals surface area contributed by atoms with E-state index in [1.165, 1.54) is 36.4 Å². The van der Waals surface area contributed by atoms with Crippen LogP contribution >= 0.6 is 11.6 Å². The number of imidazole rings is 1. The molecule has 1 atom stereocenters. The molecular formula is C18H20ClN5O5. The van der Waals surface area contributed by atoms with E-state index in [9.17, 15) is 14.4 Å². The maximum Gasteiger partial charge on any atom is 0.345 e. The first-order valence-electron chi connectivity index (χ1n) is 8.62. The van der Waals surface area contributed by atoms with E-state index in [2.05, 4.69) is 9.97 Å². The minimum Gasteiger partial charge on any atom is -0.480 e. The van der Waals surface area contributed by atoms with E-state index in [0.29, 0.717) is 11.5 Å². The van der Waals surface area contributed by atoms with E-state index in [4.69, 9.17) is 21.1 Å². The van der Waals surface area contributed by atoms with E-state index in [1.54, 1.807) is 20.9 Å². The molecule has 0 aliphatic rings. The summed E-state index contributed by atoms with van der Waals surface area (Å²) >= 11 is 6.19. The van der Waals surface area contributed by atoms with Crippen molar-refractivity contribution in [2.45, 2.75) is 20.0 Å². The van der Waals surface area contributed by atoms with Gasteiger partial charge < -0.3 is 14.0 Å². The molecule has 0 saturated carbocycles. The fourth-order valence-electron chi connectivity index (χ4n) is 3.11. The van der Waals surface area contributed by atoms with Gasteiger partial charge in [0.05, 0.1) is 12.1 Å². The van der Waals surface area contributed by atoms with E-state index in [1.807, 2.05) is 0 Å². The van der Waals surface area contributed by atoms with Gasteiger partial charge in [0.25, 0.3) is 5.56 Å². The number of nitrogens with zero attached hydrogens (tertiary/aromatic N) is 5. The number of pyridine rings is 1. The standard InChI is InChI=1S/C18H20ClN5O5/c1-8-7-10(19)11(15(20-8)28-6)17(26)29-9(2)13-21-14-12(22(13)3)16(25)24(5)18(27)23(14)4/h7,9H,1-6H3. The van der Waals surface area contributed by atoms with Gasteiger partial charge in [-0.1, -0.05) is 11.6 Å². The highest BCUT2D eigenvalue weighted by Crippen LogP contribution is 2.28. The van der Waals surface area contributed by atoms with Crippen molar-refractivity contribution in [3.63, 3.8) is 0 Å². The Morgan fingerprint density at radius 3 is 2.41 bits per heavy atom. The van der Waals surface area contributed by atoms with Crippen molar-refractivity contribution >= 4 is 28.7 Å². The average molecular weight is 422 g/mol. The number of rotatable bonds is 4. The third kappa shape index (κ3) is 3.29. The fraction of sp³-hybridized carbons (Fsp3) is 0.389. The van der Waals surface area contributed by atoms with Crippen LogP contribution in [0.1, 0.15) is 34.9 Å². The number of hydrogen-bond acceptors (Lipinski definition) is 7. The molecule has 3 heterocycles. The van der Waals surface area contributed by atoms with Crippen LogP contribution in [0.15, 0.2) is 15.7 Å². The Morgan fingerprint density at radius 1 is 1.14 bits per heavy atom. The molecule has 0 aliphatic heterocycles. The topological polar surface area (TPSA) is 110 Å². The smallest absolute Gasteiger partial charge is 0.345 e. The summed E-state index contributed by atoms with van der Waals surface area (Å²) in [7, 11) is 5.89. The number of carbonyl (C=O) groups excluding carboxylic acids is 1. The van der Waals surface area contributed by atoms with Gasteiger partial charge in [0.2, 0.25) is 5.88 Å². The molecule has 3 rings (SSSR count). The number of fused-ring (bicyclic) bond motifs is 1. The molecule has 0 amide bonds. The van der Waals surface area contributed by atoms with Crippen LogP contribution < -0.4 is 16.0 Å². The molecule has 0 radical (unpaired) electrons. The van der Waals surface area contributed by atoms with Crippen molar-refractivity contribution in [2.75, 3.05) is 7.11 Å². The Labute approximate surface area is 170 Å². The zero-order valence-corrected chi connectivity index (χ0v) is 17.6. The third-order valence-electron chi connectivity index (χ3n) is 4.62. The molecule has 0 saturated heterocycles. The molecule has 1 unspecified atom stereocenters. The molecule has 29 heavy (non-hydrogen) atoms. The molecular weight excluding hydrogens is 402 g/mol. The first-order chi connectivity index (χ1) is 13.6. The van der Waals surface area contributed by atoms with Crippen LogP contribution in [0, 0.1) is 6.92 Å². The van der Waals surface area contributed by atoms with Crippen LogP contribution in [0.5, 0.6) is 5.88 Å². The minimum atomic E-state index is -0.846. The lowest BCUT2D eigenvalue weighted by Crippen LogP contribution is -2.37. The third-order valence-corrected chi connectivity index (χ3v) is 4.92. The summed E-state index contributed by atoms with van der Waals surface area (Å²) in [5.41, 5.74) is 0.0119. The highest BCUT2D eigenvalue weighted by atomic mass is 35.5. The fourth-order valence-corrected chi connectivity index (χ4v) is 3.43. The lowest BCUT2D eigenvalue weighted by atomic mass is 10.2. The second-order valence-electron chi connectivity index (χ2n) is 6.58. The summed E-state index contributed by atoms with van der Waals surface area (Å²) < 4.78 is 14.4. The Kier molecular flexibility index (Phi) is 5.22. The van der Waals surface area contributed by atoms with Gasteiger partial charge in [-0.3, -0.25) is 13.9 Å². The monoisotopic (exact) mass is 421 g/mol. The van der Waals surface area contributed by atoms with Crippen molar-refractivity contribution in [1.29, 1.82) is 0 Å². The van der Waals surface area contributed by atoms with E-state index >= 15 is 0 Å². The summed E-state index contributed by atoms with van der Waals surface area (Å²) in [5.74, 6) is -0.407. The van der Waals surface area contributed by atoms with Crippen molar-refractivity contribution in [1.82, 2.24) is 23.7 Å². The van der Waals surface area contributed by atoms with Crippen molar-refractivity contribution in [3.05, 3.63) is 49.0 Å². The van der Waals surface area contributed by atoms with Gasteiger partial charge >= 0.3 is 11.7 Å². The number of hydrogen-bond donors (Lipinski definition) is 0. The quantitative estimate of drug-likeness (QED) is 0.583. The SMILES string of the molecule is COc1nc(C)cc(Cl)c1C(=O)OC(C)c1nc2c(c(=O)n(C)c(=O)n2C)n1C. The number of carbonyl (C=O) groups is 1. The van der Waals surface area contributed by atoms with Gasteiger partial charge in [-0.2, -0.15) is 0 Å². The first-order valence-corrected chi connectivity index (χ1v) is 9.00. The molecule has 10 nitrogen and oxygen atoms in total. The maximum absolute atomic E-state index is 12.7. The van der Waals surface area contributed by atoms with Crippen LogP contribution in [-0.4, -0.2) is 36.7 Å². The second kappa shape index (κ2) is 7.36. The number of ether oxygens (including phenoxy) is 2. The summed E-state index contributed by atoms with van der Waals surface area (Å²) in [6.07, 6.45) is -0.846. The molecule has 0 bridgehead atoms. The van der Waals surface area contributed by atoms with Gasteiger partial charge in [-0.05, 0) is 19.9 Å². The highest BCUT2D eigenvalue weighted by molar-refractivity contribution is 6.34. The van der Waals surface area contributed by atoms with Crippen LogP contribution in [0.25, 0.3) is 11.2 Å². The molecule has 0 aromatic carbocycles. The van der Waals surface area contributed by atoms with Crippen LogP contribution in [0.2, 0.25) is 5.02 Å². The lowest BCUT2D eigenvalue weighted by Gasteiger charge is -2.15. The minimum absolute atomic E-state index is 0.00584. The van der Waals surface area contributed by atoms with E-state index in [0.717, 1.165) is 4.57 Å². The average Bonchev–Trinajstić information content (AvgIpc) is 3.01. The number of halogens is 1. The van der Waals surface area contributed by atoms with Gasteiger partial charge in [-0.15, -0.1) is 0 Å². The number of methoxy groups -OCH3 is 1. The summed E-state index contributed by atoms with van der Waals surface area (Å²) in [4.78, 5) is 45.9. The molecule has 0 aliphatic carbocycles. The van der Waals surface area contributed by atoms with Crippen LogP contribution in [0.4, 0.5) is 0 Å². The van der Waals surface area contributed by atoms with Gasteiger partial charge in [0.15, 0.2) is 23.1 Å². The molecule has 3 aromatic rings. The number of aryl methyl sites for hydroxylation is 3. The summed E-state index contributed by atoms with van der Waals surface area (Å²) in [6.45, 7) is 3.32. The first kappa shape index (κ1) is 20.6. The normalized spacial score (nSPS) is 12.2. The van der Waals surface area contributed by atoms with Crippen molar-refractivity contribution < 1.29 is 14.3 Å². The molecule has 3 aromatic heterocycles. The van der Waals surface area contributed by atoms with Crippen LogP contribution in [0.3, 0.4) is 0 Å². The molecule has 11 heteroatoms. The largest absolute Gasteiger partial charge is 0.480 e. The summed E-state index contributed by atoms with van der Waals surface area (Å²) in [6, 6.07) is 1.53. The molecule has 0 fully saturated rings.